The minimum atomic E-state index is 0.503. The number of benzene rings is 2. The Hall–Kier alpha value is -2.16. The highest BCUT2D eigenvalue weighted by Crippen LogP contribution is 2.34. The van der Waals surface area contributed by atoms with E-state index in [0.717, 1.165) is 29.2 Å². The third kappa shape index (κ3) is 3.13. The predicted molar refractivity (Wildman–Crippen MR) is 85.2 cm³/mol. The van der Waals surface area contributed by atoms with Crippen LogP contribution in [-0.2, 0) is 13.0 Å². The number of methoxy groups -OCH3 is 1. The molecule has 0 aromatic heterocycles. The van der Waals surface area contributed by atoms with Gasteiger partial charge in [-0.3, -0.25) is 0 Å². The first kappa shape index (κ1) is 13.8. The lowest BCUT2D eigenvalue weighted by atomic mass is 9.98. The Morgan fingerprint density at radius 2 is 1.95 bits per heavy atom. The van der Waals surface area contributed by atoms with Crippen molar-refractivity contribution in [3.05, 3.63) is 53.6 Å². The molecule has 0 radical (unpaired) electrons. The van der Waals surface area contributed by atoms with Gasteiger partial charge in [-0.05, 0) is 49.1 Å². The molecule has 1 aliphatic rings. The summed E-state index contributed by atoms with van der Waals surface area (Å²) in [5.41, 5.74) is 3.64. The minimum Gasteiger partial charge on any atom is -0.497 e. The van der Waals surface area contributed by atoms with Crippen LogP contribution < -0.4 is 14.8 Å². The van der Waals surface area contributed by atoms with Gasteiger partial charge < -0.3 is 14.8 Å². The summed E-state index contributed by atoms with van der Waals surface area (Å²) in [6, 6.07) is 14.8. The molecule has 0 spiro atoms. The number of aryl methyl sites for hydroxylation is 1. The summed E-state index contributed by atoms with van der Waals surface area (Å²) < 4.78 is 11.2. The molecule has 2 aromatic carbocycles. The lowest BCUT2D eigenvalue weighted by molar-refractivity contribution is 0.306. The average molecular weight is 283 g/mol. The highest BCUT2D eigenvalue weighted by molar-refractivity contribution is 5.64. The van der Waals surface area contributed by atoms with E-state index in [0.29, 0.717) is 12.6 Å². The van der Waals surface area contributed by atoms with E-state index in [1.54, 1.807) is 7.11 Å². The summed E-state index contributed by atoms with van der Waals surface area (Å²) in [4.78, 5) is 0. The van der Waals surface area contributed by atoms with Crippen molar-refractivity contribution in [1.82, 2.24) is 0 Å². The quantitative estimate of drug-likeness (QED) is 0.919. The fraction of sp³-hybridized carbons (Fsp3) is 0.333. The first-order valence-corrected chi connectivity index (χ1v) is 7.40. The first-order chi connectivity index (χ1) is 10.3. The smallest absolute Gasteiger partial charge is 0.143 e. The number of nitrogens with one attached hydrogen (secondary N) is 1. The molecule has 3 nitrogen and oxygen atoms in total. The molecule has 110 valence electrons. The fourth-order valence-corrected chi connectivity index (χ4v) is 2.64. The molecule has 3 heteroatoms. The van der Waals surface area contributed by atoms with Gasteiger partial charge in [0.2, 0.25) is 0 Å². The number of hydrogen-bond acceptors (Lipinski definition) is 3. The lowest BCUT2D eigenvalue weighted by Gasteiger charge is -2.26. The minimum absolute atomic E-state index is 0.503. The zero-order valence-electron chi connectivity index (χ0n) is 12.6. The summed E-state index contributed by atoms with van der Waals surface area (Å²) in [5.74, 6) is 1.81. The highest BCUT2D eigenvalue weighted by Gasteiger charge is 2.17. The molecule has 0 saturated carbocycles. The van der Waals surface area contributed by atoms with Crippen molar-refractivity contribution in [3.8, 4) is 11.5 Å². The van der Waals surface area contributed by atoms with E-state index in [4.69, 9.17) is 9.47 Å². The number of fused-ring (bicyclic) bond motifs is 1. The van der Waals surface area contributed by atoms with Crippen molar-refractivity contribution >= 4 is 5.69 Å². The van der Waals surface area contributed by atoms with Crippen molar-refractivity contribution in [1.29, 1.82) is 0 Å². The van der Waals surface area contributed by atoms with Gasteiger partial charge in [0.1, 0.15) is 18.1 Å². The van der Waals surface area contributed by atoms with Crippen LogP contribution in [0.2, 0.25) is 0 Å². The summed E-state index contributed by atoms with van der Waals surface area (Å²) in [6.07, 6.45) is 2.29. The predicted octanol–water partition coefficient (Wildman–Crippen LogP) is 4.02. The molecule has 0 saturated heterocycles. The van der Waals surface area contributed by atoms with Gasteiger partial charge in [0.25, 0.3) is 0 Å². The van der Waals surface area contributed by atoms with Crippen LogP contribution >= 0.6 is 0 Å². The summed E-state index contributed by atoms with van der Waals surface area (Å²) >= 11 is 0. The lowest BCUT2D eigenvalue weighted by Crippen LogP contribution is -2.22. The van der Waals surface area contributed by atoms with Gasteiger partial charge in [-0.2, -0.15) is 0 Å². The Kier molecular flexibility index (Phi) is 4.00. The van der Waals surface area contributed by atoms with Gasteiger partial charge in [-0.25, -0.2) is 0 Å². The number of ether oxygens (including phenoxy) is 2. The molecule has 2 aromatic rings. The molecule has 1 N–H and O–H groups in total. The Morgan fingerprint density at radius 3 is 2.71 bits per heavy atom. The van der Waals surface area contributed by atoms with Gasteiger partial charge in [-0.15, -0.1) is 0 Å². The maximum Gasteiger partial charge on any atom is 0.143 e. The van der Waals surface area contributed by atoms with Crippen molar-refractivity contribution in [2.75, 3.05) is 12.4 Å². The molecule has 0 bridgehead atoms. The molecule has 1 heterocycles. The number of hydrogen-bond donors (Lipinski definition) is 1. The molecule has 21 heavy (non-hydrogen) atoms. The zero-order chi connectivity index (χ0) is 14.7. The molecular formula is C18H21NO2. The van der Waals surface area contributed by atoms with Crippen LogP contribution in [0.5, 0.6) is 11.5 Å². The van der Waals surface area contributed by atoms with Crippen LogP contribution in [0, 0.1) is 0 Å². The van der Waals surface area contributed by atoms with Gasteiger partial charge in [0.15, 0.2) is 0 Å². The highest BCUT2D eigenvalue weighted by atomic mass is 16.5. The molecule has 1 aliphatic heterocycles. The molecule has 0 aliphatic carbocycles. The Labute approximate surface area is 125 Å². The van der Waals surface area contributed by atoms with E-state index in [2.05, 4.69) is 24.4 Å². The molecular weight excluding hydrogens is 262 g/mol. The molecule has 1 unspecified atom stereocenters. The van der Waals surface area contributed by atoms with Gasteiger partial charge in [0, 0.05) is 6.04 Å². The van der Waals surface area contributed by atoms with Crippen LogP contribution in [0.1, 0.15) is 24.5 Å². The maximum absolute atomic E-state index is 6.01. The number of anilines is 1. The third-order valence-corrected chi connectivity index (χ3v) is 3.90. The standard InChI is InChI=1S/C18H21NO2/c1-13-6-9-15-4-3-5-17(18(15)19-13)21-12-14-7-10-16(20-2)11-8-14/h3-5,7-8,10-11,13,19H,6,9,12H2,1-2H3. The van der Waals surface area contributed by atoms with Crippen LogP contribution in [0.4, 0.5) is 5.69 Å². The Balaban J connectivity index is 1.73. The van der Waals surface area contributed by atoms with E-state index in [1.165, 1.54) is 12.0 Å². The zero-order valence-corrected chi connectivity index (χ0v) is 12.6. The fourth-order valence-electron chi connectivity index (χ4n) is 2.64. The van der Waals surface area contributed by atoms with Crippen molar-refractivity contribution < 1.29 is 9.47 Å². The summed E-state index contributed by atoms with van der Waals surface area (Å²) in [5, 5.41) is 3.54. The van der Waals surface area contributed by atoms with Crippen molar-refractivity contribution in [2.24, 2.45) is 0 Å². The van der Waals surface area contributed by atoms with E-state index in [1.807, 2.05) is 30.3 Å². The molecule has 0 fully saturated rings. The van der Waals surface area contributed by atoms with E-state index >= 15 is 0 Å². The number of para-hydroxylation sites is 1. The van der Waals surface area contributed by atoms with Crippen LogP contribution in [0.15, 0.2) is 42.5 Å². The van der Waals surface area contributed by atoms with Gasteiger partial charge >= 0.3 is 0 Å². The van der Waals surface area contributed by atoms with Gasteiger partial charge in [-0.1, -0.05) is 24.3 Å². The monoisotopic (exact) mass is 283 g/mol. The van der Waals surface area contributed by atoms with Crippen LogP contribution in [0.3, 0.4) is 0 Å². The summed E-state index contributed by atoms with van der Waals surface area (Å²) in [7, 11) is 1.68. The van der Waals surface area contributed by atoms with E-state index in [9.17, 15) is 0 Å². The van der Waals surface area contributed by atoms with E-state index in [-0.39, 0.29) is 0 Å². The average Bonchev–Trinajstić information content (AvgIpc) is 2.53. The van der Waals surface area contributed by atoms with Crippen molar-refractivity contribution in [3.63, 3.8) is 0 Å². The molecule has 0 amide bonds. The third-order valence-electron chi connectivity index (χ3n) is 3.90. The van der Waals surface area contributed by atoms with Gasteiger partial charge in [0.05, 0.1) is 12.8 Å². The SMILES string of the molecule is COc1ccc(COc2cccc3c2NC(C)CC3)cc1. The second-order valence-corrected chi connectivity index (χ2v) is 5.51. The second kappa shape index (κ2) is 6.08. The number of rotatable bonds is 4. The Bertz CT molecular complexity index is 607. The first-order valence-electron chi connectivity index (χ1n) is 7.40. The van der Waals surface area contributed by atoms with E-state index < -0.39 is 0 Å². The Morgan fingerprint density at radius 1 is 1.14 bits per heavy atom. The van der Waals surface area contributed by atoms with Crippen LogP contribution in [-0.4, -0.2) is 13.2 Å². The summed E-state index contributed by atoms with van der Waals surface area (Å²) in [6.45, 7) is 2.78. The second-order valence-electron chi connectivity index (χ2n) is 5.51. The molecule has 1 atom stereocenters. The maximum atomic E-state index is 6.01. The molecule has 3 rings (SSSR count). The topological polar surface area (TPSA) is 30.5 Å². The largest absolute Gasteiger partial charge is 0.497 e. The normalized spacial score (nSPS) is 16.8. The van der Waals surface area contributed by atoms with Crippen LogP contribution in [0.25, 0.3) is 0 Å². The van der Waals surface area contributed by atoms with Crippen molar-refractivity contribution in [2.45, 2.75) is 32.4 Å².